The molecule has 204 valence electrons. The van der Waals surface area contributed by atoms with Gasteiger partial charge in [0.25, 0.3) is 0 Å². The number of fused-ring (bicyclic) bond motifs is 2. The van der Waals surface area contributed by atoms with Crippen LogP contribution < -0.4 is 13.9 Å². The standard InChI is InChI=1S/C33H39N2O2Se2/c1-4-6-8-14-20-34-26-16-10-12-18-28(26)38-30(34)22-24-32(36)25(33(24)37-3)23-31-35(21-15-9-7-5-2)27-17-11-13-19-29(27)39-31/h10-13,16-19,22-23H,4-9,14-15,20-21H2,1-3H3/q+1. The van der Waals surface area contributed by atoms with Gasteiger partial charge in [-0.3, -0.25) is 0 Å². The molecule has 5 rings (SSSR count). The van der Waals surface area contributed by atoms with Gasteiger partial charge in [-0.25, -0.2) is 0 Å². The number of ketones is 1. The normalized spacial score (nSPS) is 17.0. The number of nitrogens with zero attached hydrogens (tertiary/aromatic N) is 2. The Morgan fingerprint density at radius 3 is 2.44 bits per heavy atom. The van der Waals surface area contributed by atoms with E-state index in [2.05, 4.69) is 84.0 Å². The topological polar surface area (TPSA) is 33.4 Å². The van der Waals surface area contributed by atoms with E-state index < -0.39 is 0 Å². The number of carbonyl (C=O) groups is 1. The van der Waals surface area contributed by atoms with Crippen LogP contribution in [-0.2, 0) is 16.1 Å². The van der Waals surface area contributed by atoms with Crippen molar-refractivity contribution in [2.24, 2.45) is 0 Å². The van der Waals surface area contributed by atoms with E-state index >= 15 is 0 Å². The number of unbranched alkanes of at least 4 members (excludes halogenated alkanes) is 6. The molecule has 0 amide bonds. The van der Waals surface area contributed by atoms with Crippen molar-refractivity contribution in [3.05, 3.63) is 80.7 Å². The maximum absolute atomic E-state index is 13.6. The summed E-state index contributed by atoms with van der Waals surface area (Å²) < 4.78 is 13.6. The van der Waals surface area contributed by atoms with Crippen LogP contribution in [0.1, 0.15) is 69.8 Å². The number of benzene rings is 2. The number of methoxy groups -OCH3 is 1. The summed E-state index contributed by atoms with van der Waals surface area (Å²) >= 11 is 0.375. The van der Waals surface area contributed by atoms with Gasteiger partial charge in [0.2, 0.25) is 0 Å². The van der Waals surface area contributed by atoms with Crippen LogP contribution in [0.5, 0.6) is 0 Å². The summed E-state index contributed by atoms with van der Waals surface area (Å²) in [6.45, 7) is 6.51. The fourth-order valence-electron chi connectivity index (χ4n) is 5.34. The predicted molar refractivity (Wildman–Crippen MR) is 164 cm³/mol. The summed E-state index contributed by atoms with van der Waals surface area (Å²) in [5, 5.41) is 0. The van der Waals surface area contributed by atoms with Gasteiger partial charge in [0.05, 0.1) is 0 Å². The summed E-state index contributed by atoms with van der Waals surface area (Å²) in [5.41, 5.74) is 4.07. The van der Waals surface area contributed by atoms with Crippen molar-refractivity contribution >= 4 is 61.2 Å². The van der Waals surface area contributed by atoms with E-state index in [-0.39, 0.29) is 35.2 Å². The number of rotatable bonds is 13. The molecule has 4 nitrogen and oxygen atoms in total. The van der Waals surface area contributed by atoms with Crippen LogP contribution in [0.25, 0.3) is 15.9 Å². The van der Waals surface area contributed by atoms with Crippen molar-refractivity contribution in [3.63, 3.8) is 0 Å². The van der Waals surface area contributed by atoms with Crippen molar-refractivity contribution < 1.29 is 14.1 Å². The molecule has 0 saturated carbocycles. The summed E-state index contributed by atoms with van der Waals surface area (Å²) in [5.74, 6) is 0.859. The van der Waals surface area contributed by atoms with Crippen molar-refractivity contribution in [2.45, 2.75) is 71.8 Å². The van der Waals surface area contributed by atoms with Gasteiger partial charge < -0.3 is 0 Å². The first-order chi connectivity index (χ1) is 19.2. The Balaban J connectivity index is 1.45. The predicted octanol–water partition coefficient (Wildman–Crippen LogP) is 5.90. The summed E-state index contributed by atoms with van der Waals surface area (Å²) in [7, 11) is 1.70. The molecule has 0 saturated heterocycles. The number of Topliss-reactive ketones (excluding diaryl/α,β-unsaturated/α-hetero) is 1. The molecule has 2 aliphatic rings. The van der Waals surface area contributed by atoms with Crippen LogP contribution in [0.4, 0.5) is 5.69 Å². The molecule has 1 aliphatic carbocycles. The zero-order valence-corrected chi connectivity index (χ0v) is 26.8. The van der Waals surface area contributed by atoms with Gasteiger partial charge in [-0.05, 0) is 0 Å². The second kappa shape index (κ2) is 13.3. The Hall–Kier alpha value is -2.36. The zero-order valence-electron chi connectivity index (χ0n) is 23.4. The quantitative estimate of drug-likeness (QED) is 0.0998. The molecule has 0 fully saturated rings. The molecule has 6 heteroatoms. The molecule has 2 aromatic carbocycles. The van der Waals surface area contributed by atoms with Gasteiger partial charge >= 0.3 is 246 Å². The number of aromatic nitrogens is 1. The molecule has 1 aromatic heterocycles. The van der Waals surface area contributed by atoms with Crippen LogP contribution in [0.3, 0.4) is 0 Å². The van der Waals surface area contributed by atoms with Crippen molar-refractivity contribution in [1.82, 2.24) is 0 Å². The molecule has 1 aliphatic heterocycles. The average Bonchev–Trinajstić information content (AvgIpc) is 3.49. The molecule has 2 heterocycles. The number of para-hydroxylation sites is 2. The molecular formula is C33H39N2O2Se2+. The fourth-order valence-corrected chi connectivity index (χ4v) is 10.1. The van der Waals surface area contributed by atoms with Crippen LogP contribution >= 0.6 is 0 Å². The first kappa shape index (κ1) is 28.2. The van der Waals surface area contributed by atoms with Crippen LogP contribution in [0.15, 0.2) is 76.1 Å². The van der Waals surface area contributed by atoms with Gasteiger partial charge in [-0.15, -0.1) is 0 Å². The van der Waals surface area contributed by atoms with Gasteiger partial charge in [0.1, 0.15) is 0 Å². The van der Waals surface area contributed by atoms with Gasteiger partial charge in [0, 0.05) is 0 Å². The molecule has 0 radical (unpaired) electrons. The Labute approximate surface area is 245 Å². The molecule has 0 N–H and O–H groups in total. The van der Waals surface area contributed by atoms with E-state index in [0.717, 1.165) is 30.0 Å². The molecule has 0 atom stereocenters. The minimum absolute atomic E-state index is 0.113. The van der Waals surface area contributed by atoms with Crippen molar-refractivity contribution in [2.75, 3.05) is 18.6 Å². The molecule has 0 unspecified atom stereocenters. The minimum atomic E-state index is 0.113. The van der Waals surface area contributed by atoms with Crippen LogP contribution in [0.2, 0.25) is 0 Å². The number of ether oxygens (including phenoxy) is 1. The maximum atomic E-state index is 13.6. The third kappa shape index (κ3) is 6.05. The third-order valence-corrected chi connectivity index (χ3v) is 12.1. The zero-order chi connectivity index (χ0) is 27.2. The average molecular weight is 654 g/mol. The monoisotopic (exact) mass is 655 g/mol. The fraction of sp³-hybridized carbons (Fsp3) is 0.394. The number of carbonyl (C=O) groups excluding carboxylic acids is 1. The van der Waals surface area contributed by atoms with E-state index in [1.54, 1.807) is 7.11 Å². The number of aryl methyl sites for hydroxylation is 1. The van der Waals surface area contributed by atoms with Crippen molar-refractivity contribution in [1.29, 1.82) is 0 Å². The van der Waals surface area contributed by atoms with Crippen molar-refractivity contribution in [3.8, 4) is 0 Å². The Morgan fingerprint density at radius 1 is 0.897 bits per heavy atom. The van der Waals surface area contributed by atoms with E-state index in [0.29, 0.717) is 0 Å². The SMILES string of the molecule is CCCCCCN1C(=CC2=C(OC)C(=Cc3[se]c4ccccc4[n+]3CCCCCC)C2=O)[Se]c2ccccc21. The molecule has 0 spiro atoms. The number of anilines is 1. The first-order valence-corrected chi connectivity index (χ1v) is 17.8. The molecule has 3 aromatic rings. The number of hydrogen-bond donors (Lipinski definition) is 0. The Kier molecular flexibility index (Phi) is 9.63. The molecule has 0 bridgehead atoms. The summed E-state index contributed by atoms with van der Waals surface area (Å²) in [6, 6.07) is 17.4. The van der Waals surface area contributed by atoms with Gasteiger partial charge in [0.15, 0.2) is 0 Å². The Morgan fingerprint density at radius 2 is 1.64 bits per heavy atom. The van der Waals surface area contributed by atoms with E-state index in [1.807, 2.05) is 0 Å². The molecule has 39 heavy (non-hydrogen) atoms. The van der Waals surface area contributed by atoms with Crippen LogP contribution in [-0.4, -0.2) is 48.9 Å². The van der Waals surface area contributed by atoms with E-state index in [4.69, 9.17) is 4.74 Å². The van der Waals surface area contributed by atoms with Gasteiger partial charge in [-0.1, -0.05) is 0 Å². The molecular weight excluding hydrogens is 614 g/mol. The third-order valence-electron chi connectivity index (χ3n) is 7.46. The Bertz CT molecular complexity index is 1430. The number of hydrogen-bond acceptors (Lipinski definition) is 3. The van der Waals surface area contributed by atoms with E-state index in [1.165, 1.54) is 80.5 Å². The number of allylic oxidation sites excluding steroid dienone is 3. The van der Waals surface area contributed by atoms with E-state index in [9.17, 15) is 4.79 Å². The summed E-state index contributed by atoms with van der Waals surface area (Å²) in [4.78, 5) is 16.0. The van der Waals surface area contributed by atoms with Gasteiger partial charge in [-0.2, -0.15) is 0 Å². The first-order valence-electron chi connectivity index (χ1n) is 14.4. The second-order valence-electron chi connectivity index (χ2n) is 10.2. The summed E-state index contributed by atoms with van der Waals surface area (Å²) in [6.07, 6.45) is 14.1. The van der Waals surface area contributed by atoms with Crippen LogP contribution in [0, 0.1) is 0 Å². The second-order valence-corrected chi connectivity index (χ2v) is 14.7.